The summed E-state index contributed by atoms with van der Waals surface area (Å²) in [7, 11) is 3.68. The van der Waals surface area contributed by atoms with E-state index in [9.17, 15) is 9.59 Å². The SMILES string of the molecule is Cc1nc(COc2ccc(/C=C/C(=O)NCc3cccc(NC(=O)CN(C)C)c3)cc2)cs1. The number of nitrogens with one attached hydrogen (secondary N) is 2. The number of aromatic nitrogens is 1. The van der Waals surface area contributed by atoms with Crippen molar-refractivity contribution in [2.24, 2.45) is 0 Å². The Morgan fingerprint density at radius 2 is 1.94 bits per heavy atom. The number of likely N-dealkylation sites (N-methyl/N-ethyl adjacent to an activating group) is 1. The Morgan fingerprint density at radius 3 is 2.64 bits per heavy atom. The van der Waals surface area contributed by atoms with E-state index in [1.807, 2.05) is 74.9 Å². The van der Waals surface area contributed by atoms with E-state index in [4.69, 9.17) is 4.74 Å². The van der Waals surface area contributed by atoms with Gasteiger partial charge in [0.05, 0.1) is 17.2 Å². The lowest BCUT2D eigenvalue weighted by Gasteiger charge is -2.11. The van der Waals surface area contributed by atoms with Crippen molar-refractivity contribution in [1.29, 1.82) is 0 Å². The van der Waals surface area contributed by atoms with E-state index < -0.39 is 0 Å². The molecule has 0 unspecified atom stereocenters. The zero-order valence-electron chi connectivity index (χ0n) is 19.0. The summed E-state index contributed by atoms with van der Waals surface area (Å²) in [6.07, 6.45) is 3.25. The summed E-state index contributed by atoms with van der Waals surface area (Å²) < 4.78 is 5.74. The average Bonchev–Trinajstić information content (AvgIpc) is 3.20. The van der Waals surface area contributed by atoms with Crippen LogP contribution in [0.3, 0.4) is 0 Å². The van der Waals surface area contributed by atoms with Gasteiger partial charge in [-0.2, -0.15) is 0 Å². The summed E-state index contributed by atoms with van der Waals surface area (Å²) in [5.74, 6) is 0.467. The van der Waals surface area contributed by atoms with E-state index in [1.165, 1.54) is 6.08 Å². The van der Waals surface area contributed by atoms with Crippen LogP contribution in [0.25, 0.3) is 6.08 Å². The maximum Gasteiger partial charge on any atom is 0.244 e. The Balaban J connectivity index is 1.45. The van der Waals surface area contributed by atoms with Crippen molar-refractivity contribution in [3.05, 3.63) is 81.8 Å². The Bertz CT molecular complexity index is 1110. The zero-order valence-corrected chi connectivity index (χ0v) is 19.8. The first-order valence-electron chi connectivity index (χ1n) is 10.5. The first-order valence-corrected chi connectivity index (χ1v) is 11.4. The molecule has 0 spiro atoms. The maximum atomic E-state index is 12.2. The van der Waals surface area contributed by atoms with Gasteiger partial charge in [0, 0.05) is 23.7 Å². The highest BCUT2D eigenvalue weighted by Crippen LogP contribution is 2.16. The molecule has 2 N–H and O–H groups in total. The lowest BCUT2D eigenvalue weighted by atomic mass is 10.2. The fourth-order valence-corrected chi connectivity index (χ4v) is 3.57. The van der Waals surface area contributed by atoms with Gasteiger partial charge in [0.25, 0.3) is 0 Å². The van der Waals surface area contributed by atoms with Crippen molar-refractivity contribution in [1.82, 2.24) is 15.2 Å². The first-order chi connectivity index (χ1) is 15.9. The Kier molecular flexibility index (Phi) is 8.74. The maximum absolute atomic E-state index is 12.2. The van der Waals surface area contributed by atoms with E-state index in [2.05, 4.69) is 15.6 Å². The summed E-state index contributed by atoms with van der Waals surface area (Å²) in [5, 5.41) is 8.72. The van der Waals surface area contributed by atoms with E-state index >= 15 is 0 Å². The van der Waals surface area contributed by atoms with Gasteiger partial charge in [-0.15, -0.1) is 11.3 Å². The van der Waals surface area contributed by atoms with Crippen LogP contribution in [0.15, 0.2) is 60.0 Å². The molecule has 1 heterocycles. The molecule has 0 bridgehead atoms. The highest BCUT2D eigenvalue weighted by Gasteiger charge is 2.05. The second-order valence-electron chi connectivity index (χ2n) is 7.75. The number of anilines is 1. The summed E-state index contributed by atoms with van der Waals surface area (Å²) in [6.45, 7) is 3.08. The van der Waals surface area contributed by atoms with E-state index in [-0.39, 0.29) is 11.8 Å². The third-order valence-corrected chi connectivity index (χ3v) is 5.32. The van der Waals surface area contributed by atoms with Gasteiger partial charge in [0.2, 0.25) is 11.8 Å². The van der Waals surface area contributed by atoms with Gasteiger partial charge in [0.15, 0.2) is 0 Å². The smallest absolute Gasteiger partial charge is 0.244 e. The molecular weight excluding hydrogens is 436 g/mol. The van der Waals surface area contributed by atoms with Crippen LogP contribution in [0.5, 0.6) is 5.75 Å². The van der Waals surface area contributed by atoms with E-state index in [0.29, 0.717) is 25.4 Å². The molecule has 8 heteroatoms. The fourth-order valence-electron chi connectivity index (χ4n) is 2.97. The number of carbonyl (C=O) groups excluding carboxylic acids is 2. The molecule has 0 aliphatic heterocycles. The summed E-state index contributed by atoms with van der Waals surface area (Å²) in [6, 6.07) is 14.9. The monoisotopic (exact) mass is 464 g/mol. The lowest BCUT2D eigenvalue weighted by molar-refractivity contribution is -0.117. The number of hydrogen-bond acceptors (Lipinski definition) is 6. The van der Waals surface area contributed by atoms with Crippen LogP contribution < -0.4 is 15.4 Å². The number of aryl methyl sites for hydroxylation is 1. The van der Waals surface area contributed by atoms with Crippen molar-refractivity contribution in [2.45, 2.75) is 20.1 Å². The zero-order chi connectivity index (χ0) is 23.6. The highest BCUT2D eigenvalue weighted by atomic mass is 32.1. The van der Waals surface area contributed by atoms with Gasteiger partial charge in [-0.25, -0.2) is 4.98 Å². The minimum atomic E-state index is -0.198. The number of hydrogen-bond donors (Lipinski definition) is 2. The second kappa shape index (κ2) is 11.9. The van der Waals surface area contributed by atoms with E-state index in [0.717, 1.165) is 27.6 Å². The molecule has 2 amide bonds. The molecule has 0 fully saturated rings. The van der Waals surface area contributed by atoms with Crippen LogP contribution in [0.4, 0.5) is 5.69 Å². The van der Waals surface area contributed by atoms with Crippen molar-refractivity contribution >= 4 is 34.9 Å². The van der Waals surface area contributed by atoms with Crippen LogP contribution >= 0.6 is 11.3 Å². The molecule has 0 radical (unpaired) electrons. The molecule has 7 nitrogen and oxygen atoms in total. The third kappa shape index (κ3) is 8.51. The minimum absolute atomic E-state index is 0.0845. The van der Waals surface area contributed by atoms with Gasteiger partial charge in [-0.1, -0.05) is 24.3 Å². The molecule has 33 heavy (non-hydrogen) atoms. The lowest BCUT2D eigenvalue weighted by Crippen LogP contribution is -2.27. The van der Waals surface area contributed by atoms with Gasteiger partial charge in [-0.05, 0) is 62.5 Å². The van der Waals surface area contributed by atoms with Gasteiger partial charge < -0.3 is 20.3 Å². The molecule has 3 rings (SSSR count). The van der Waals surface area contributed by atoms with Gasteiger partial charge in [0.1, 0.15) is 12.4 Å². The standard InChI is InChI=1S/C25H28N4O3S/c1-18-27-22(17-33-18)16-32-23-10-7-19(8-11-23)9-12-24(30)26-14-20-5-4-6-21(13-20)28-25(31)15-29(2)3/h4-13,17H,14-16H2,1-3H3,(H,26,30)(H,28,31)/b12-9+. The highest BCUT2D eigenvalue weighted by molar-refractivity contribution is 7.09. The number of ether oxygens (including phenoxy) is 1. The molecule has 0 atom stereocenters. The molecule has 2 aromatic carbocycles. The Hall–Kier alpha value is -3.49. The van der Waals surface area contributed by atoms with Crippen LogP contribution in [-0.4, -0.2) is 42.3 Å². The third-order valence-electron chi connectivity index (χ3n) is 4.50. The summed E-state index contributed by atoms with van der Waals surface area (Å²) >= 11 is 1.60. The van der Waals surface area contributed by atoms with Gasteiger partial charge >= 0.3 is 0 Å². The van der Waals surface area contributed by atoms with Crippen molar-refractivity contribution in [3.63, 3.8) is 0 Å². The molecule has 172 valence electrons. The van der Waals surface area contributed by atoms with Crippen molar-refractivity contribution in [3.8, 4) is 5.75 Å². The number of thiazole rings is 1. The molecule has 3 aromatic rings. The predicted octanol–water partition coefficient (Wildman–Crippen LogP) is 3.86. The number of rotatable bonds is 10. The van der Waals surface area contributed by atoms with Crippen LogP contribution in [-0.2, 0) is 22.7 Å². The molecule has 0 aliphatic rings. The molecule has 0 aliphatic carbocycles. The topological polar surface area (TPSA) is 83.6 Å². The Labute approximate surface area is 198 Å². The number of carbonyl (C=O) groups is 2. The predicted molar refractivity (Wildman–Crippen MR) is 132 cm³/mol. The second-order valence-corrected chi connectivity index (χ2v) is 8.82. The van der Waals surface area contributed by atoms with Crippen molar-refractivity contribution in [2.75, 3.05) is 26.0 Å². The number of amides is 2. The normalized spacial score (nSPS) is 11.0. The first kappa shape index (κ1) is 24.2. The minimum Gasteiger partial charge on any atom is -0.487 e. The molecule has 1 aromatic heterocycles. The average molecular weight is 465 g/mol. The summed E-state index contributed by atoms with van der Waals surface area (Å²) in [4.78, 5) is 30.3. The van der Waals surface area contributed by atoms with Crippen LogP contribution in [0.1, 0.15) is 21.8 Å². The van der Waals surface area contributed by atoms with E-state index in [1.54, 1.807) is 22.3 Å². The fraction of sp³-hybridized carbons (Fsp3) is 0.240. The van der Waals surface area contributed by atoms with Gasteiger partial charge in [-0.3, -0.25) is 9.59 Å². The largest absolute Gasteiger partial charge is 0.487 e. The van der Waals surface area contributed by atoms with Crippen LogP contribution in [0.2, 0.25) is 0 Å². The van der Waals surface area contributed by atoms with Crippen molar-refractivity contribution < 1.29 is 14.3 Å². The quantitative estimate of drug-likeness (QED) is 0.445. The summed E-state index contributed by atoms with van der Waals surface area (Å²) in [5.41, 5.74) is 3.42. The number of benzene rings is 2. The molecule has 0 saturated carbocycles. The van der Waals surface area contributed by atoms with Crippen LogP contribution in [0, 0.1) is 6.92 Å². The number of nitrogens with zero attached hydrogens (tertiary/aromatic N) is 2. The Morgan fingerprint density at radius 1 is 1.15 bits per heavy atom. The molecule has 0 saturated heterocycles. The molecular formula is C25H28N4O3S.